The predicted octanol–water partition coefficient (Wildman–Crippen LogP) is 9.82. The summed E-state index contributed by atoms with van der Waals surface area (Å²) >= 11 is 0. The zero-order valence-electron chi connectivity index (χ0n) is 37.7. The Morgan fingerprint density at radius 2 is 1.30 bits per heavy atom. The number of amides is 2. The second-order valence-corrected chi connectivity index (χ2v) is 21.6. The van der Waals surface area contributed by atoms with Crippen molar-refractivity contribution in [2.24, 2.45) is 50.2 Å². The molecule has 4 fully saturated rings. The Morgan fingerprint density at radius 3 is 1.92 bits per heavy atom. The van der Waals surface area contributed by atoms with Gasteiger partial charge in [0.05, 0.1) is 17.6 Å². The molecule has 61 heavy (non-hydrogen) atoms. The predicted molar refractivity (Wildman–Crippen MR) is 240 cm³/mol. The van der Waals surface area contributed by atoms with Gasteiger partial charge < -0.3 is 30.3 Å². The van der Waals surface area contributed by atoms with Gasteiger partial charge in [-0.25, -0.2) is 0 Å². The third-order valence-electron chi connectivity index (χ3n) is 17.4. The molecule has 0 spiro atoms. The number of carbonyl (C=O) groups is 2. The monoisotopic (exact) mass is 831 g/mol. The molecule has 0 aliphatic heterocycles. The molecule has 3 aromatic carbocycles. The standard InChI is InChI=1S/C53H70N2O6/c1-48(2)24-25-53(41(31-48)40-18-19-43-50(5)22-21-44(56)49(3,4)42(50)20-23-51(43,6)52(40,7)32-45(53)57)47(59)55-27-26-54-46(58)37-28-38(60-33-35-14-10-8-11-15-35)30-39(29-37)61-34-36-16-12-9-13-17-36/h8-18,28-30,41-45,56-57H,19-27,31-34H2,1-7H3,(H,54,58)(H,55,59)/t41-,42-,43+,44-,45+,50-,51+,52+,53+/m0/s1. The number of nitrogens with one attached hydrogen (secondary N) is 2. The maximum absolute atomic E-state index is 14.8. The van der Waals surface area contributed by atoms with Gasteiger partial charge in [-0.1, -0.05) is 121 Å². The molecule has 0 radical (unpaired) electrons. The first kappa shape index (κ1) is 43.5. The number of rotatable bonds is 11. The lowest BCUT2D eigenvalue weighted by molar-refractivity contribution is -0.215. The summed E-state index contributed by atoms with van der Waals surface area (Å²) in [6.45, 7) is 17.8. The number of carbonyl (C=O) groups excluding carboxylic acids is 2. The summed E-state index contributed by atoms with van der Waals surface area (Å²) < 4.78 is 12.3. The number of ether oxygens (including phenoxy) is 2. The Kier molecular flexibility index (Phi) is 11.6. The van der Waals surface area contributed by atoms with Crippen LogP contribution in [0.1, 0.15) is 128 Å². The normalized spacial score (nSPS) is 34.6. The molecule has 0 saturated heterocycles. The molecule has 8 nitrogen and oxygen atoms in total. The van der Waals surface area contributed by atoms with Gasteiger partial charge in [0.2, 0.25) is 5.91 Å². The number of benzene rings is 3. The van der Waals surface area contributed by atoms with Crippen molar-refractivity contribution in [3.05, 3.63) is 107 Å². The minimum atomic E-state index is -0.929. The van der Waals surface area contributed by atoms with Crippen LogP contribution in [0.3, 0.4) is 0 Å². The largest absolute Gasteiger partial charge is 0.489 e. The quantitative estimate of drug-likeness (QED) is 0.113. The third kappa shape index (κ3) is 7.62. The van der Waals surface area contributed by atoms with Crippen LogP contribution in [0.4, 0.5) is 0 Å². The van der Waals surface area contributed by atoms with Gasteiger partial charge in [-0.2, -0.15) is 0 Å². The molecular weight excluding hydrogens is 761 g/mol. The summed E-state index contributed by atoms with van der Waals surface area (Å²) in [6, 6.07) is 25.0. The highest BCUT2D eigenvalue weighted by Gasteiger charge is 2.71. The van der Waals surface area contributed by atoms with E-state index in [9.17, 15) is 19.8 Å². The van der Waals surface area contributed by atoms with Gasteiger partial charge in [0, 0.05) is 24.7 Å². The van der Waals surface area contributed by atoms with Gasteiger partial charge in [0.1, 0.15) is 24.7 Å². The summed E-state index contributed by atoms with van der Waals surface area (Å²) in [4.78, 5) is 28.5. The molecule has 328 valence electrons. The van der Waals surface area contributed by atoms with Crippen LogP contribution in [0.5, 0.6) is 11.5 Å². The Balaban J connectivity index is 0.979. The number of hydrogen-bond acceptors (Lipinski definition) is 6. The first-order valence-electron chi connectivity index (χ1n) is 23.0. The number of aliphatic hydroxyl groups excluding tert-OH is 2. The third-order valence-corrected chi connectivity index (χ3v) is 17.4. The molecule has 0 bridgehead atoms. The van der Waals surface area contributed by atoms with Crippen LogP contribution in [-0.4, -0.2) is 47.3 Å². The fourth-order valence-corrected chi connectivity index (χ4v) is 13.7. The van der Waals surface area contributed by atoms with Crippen molar-refractivity contribution in [3.63, 3.8) is 0 Å². The fraction of sp³-hybridized carbons (Fsp3) is 0.585. The van der Waals surface area contributed by atoms with Gasteiger partial charge in [0.25, 0.3) is 5.91 Å². The lowest BCUT2D eigenvalue weighted by Crippen LogP contribution is -2.68. The molecule has 8 rings (SSSR count). The van der Waals surface area contributed by atoms with E-state index in [0.29, 0.717) is 55.0 Å². The molecule has 0 unspecified atom stereocenters. The van der Waals surface area contributed by atoms with Crippen molar-refractivity contribution >= 4 is 11.8 Å². The average molecular weight is 831 g/mol. The zero-order valence-corrected chi connectivity index (χ0v) is 37.7. The van der Waals surface area contributed by atoms with E-state index in [0.717, 1.165) is 56.1 Å². The Hall–Kier alpha value is -4.14. The molecule has 8 heteroatoms. The maximum atomic E-state index is 14.8. The first-order valence-corrected chi connectivity index (χ1v) is 23.0. The smallest absolute Gasteiger partial charge is 0.251 e. The molecule has 4 N–H and O–H groups in total. The Labute approximate surface area is 364 Å². The summed E-state index contributed by atoms with van der Waals surface area (Å²) in [6.07, 6.45) is 9.36. The minimum Gasteiger partial charge on any atom is -0.489 e. The van der Waals surface area contributed by atoms with E-state index in [-0.39, 0.29) is 64.0 Å². The molecule has 9 atom stereocenters. The molecule has 0 aromatic heterocycles. The van der Waals surface area contributed by atoms with Crippen LogP contribution >= 0.6 is 0 Å². The van der Waals surface area contributed by atoms with Crippen LogP contribution in [0.15, 0.2) is 90.5 Å². The van der Waals surface area contributed by atoms with Gasteiger partial charge >= 0.3 is 0 Å². The number of hydrogen-bond donors (Lipinski definition) is 4. The van der Waals surface area contributed by atoms with Crippen LogP contribution in [0, 0.1) is 50.2 Å². The van der Waals surface area contributed by atoms with Crippen molar-refractivity contribution in [1.82, 2.24) is 10.6 Å². The van der Waals surface area contributed by atoms with Gasteiger partial charge in [-0.05, 0) is 126 Å². The van der Waals surface area contributed by atoms with E-state index >= 15 is 0 Å². The van der Waals surface area contributed by atoms with Crippen molar-refractivity contribution in [3.8, 4) is 11.5 Å². The molecule has 0 heterocycles. The summed E-state index contributed by atoms with van der Waals surface area (Å²) in [5.74, 6) is 1.48. The molecule has 5 aliphatic carbocycles. The van der Waals surface area contributed by atoms with Crippen LogP contribution in [0.25, 0.3) is 0 Å². The van der Waals surface area contributed by atoms with E-state index in [1.165, 1.54) is 5.57 Å². The van der Waals surface area contributed by atoms with E-state index in [4.69, 9.17) is 9.47 Å². The topological polar surface area (TPSA) is 117 Å². The van der Waals surface area contributed by atoms with Gasteiger partial charge in [-0.3, -0.25) is 9.59 Å². The lowest BCUT2D eigenvalue weighted by atomic mass is 9.33. The van der Waals surface area contributed by atoms with Gasteiger partial charge in [0.15, 0.2) is 0 Å². The number of allylic oxidation sites excluding steroid dienone is 2. The number of aliphatic hydroxyl groups is 2. The van der Waals surface area contributed by atoms with Crippen LogP contribution < -0.4 is 20.1 Å². The summed E-state index contributed by atoms with van der Waals surface area (Å²) in [7, 11) is 0. The Morgan fingerprint density at radius 1 is 0.689 bits per heavy atom. The average Bonchev–Trinajstić information content (AvgIpc) is 3.23. The molecule has 2 amide bonds. The van der Waals surface area contributed by atoms with Gasteiger partial charge in [-0.15, -0.1) is 0 Å². The lowest BCUT2D eigenvalue weighted by Gasteiger charge is -2.71. The molecule has 5 aliphatic rings. The van der Waals surface area contributed by atoms with E-state index in [1.54, 1.807) is 18.2 Å². The van der Waals surface area contributed by atoms with Crippen molar-refractivity contribution in [1.29, 1.82) is 0 Å². The van der Waals surface area contributed by atoms with E-state index in [1.807, 2.05) is 60.7 Å². The van der Waals surface area contributed by atoms with Crippen molar-refractivity contribution in [2.75, 3.05) is 13.1 Å². The highest BCUT2D eigenvalue weighted by Crippen LogP contribution is 2.75. The summed E-state index contributed by atoms with van der Waals surface area (Å²) in [5, 5.41) is 30.0. The van der Waals surface area contributed by atoms with Crippen LogP contribution in [-0.2, 0) is 18.0 Å². The summed E-state index contributed by atoms with van der Waals surface area (Å²) in [5.41, 5.74) is 2.62. The SMILES string of the molecule is CC1(C)CC[C@]2(C(=O)NCCNC(=O)c3cc(OCc4ccccc4)cc(OCc4ccccc4)c3)[C@H](O)C[C@]3(C)C(=CC[C@@H]4[C@@]5(C)CC[C@H](O)C(C)(C)[C@@H]5CC[C@]43C)[C@@H]2C1. The first-order chi connectivity index (χ1) is 28.9. The second-order valence-electron chi connectivity index (χ2n) is 21.6. The van der Waals surface area contributed by atoms with Crippen LogP contribution in [0.2, 0.25) is 0 Å². The highest BCUT2D eigenvalue weighted by molar-refractivity contribution is 5.95. The molecule has 4 saturated carbocycles. The van der Waals surface area contributed by atoms with Crippen molar-refractivity contribution < 1.29 is 29.3 Å². The zero-order chi connectivity index (χ0) is 43.4. The highest BCUT2D eigenvalue weighted by atomic mass is 16.5. The fourth-order valence-electron chi connectivity index (χ4n) is 13.7. The second kappa shape index (κ2) is 16.2. The van der Waals surface area contributed by atoms with E-state index < -0.39 is 11.5 Å². The maximum Gasteiger partial charge on any atom is 0.251 e. The van der Waals surface area contributed by atoms with Crippen molar-refractivity contribution in [2.45, 2.75) is 132 Å². The molecule has 3 aromatic rings. The number of fused-ring (bicyclic) bond motifs is 7. The Bertz CT molecular complexity index is 2050. The minimum absolute atomic E-state index is 0.0352. The van der Waals surface area contributed by atoms with E-state index in [2.05, 4.69) is 65.2 Å². The molecular formula is C53H70N2O6.